The summed E-state index contributed by atoms with van der Waals surface area (Å²) in [6, 6.07) is 9.96. The minimum absolute atomic E-state index is 0.0250. The predicted octanol–water partition coefficient (Wildman–Crippen LogP) is 1.79. The SMILES string of the molecule is CC(=O)N(CCNC(=O)NC(C)C)CCc1ccccc1. The van der Waals surface area contributed by atoms with Gasteiger partial charge in [-0.05, 0) is 25.8 Å². The lowest BCUT2D eigenvalue weighted by Crippen LogP contribution is -2.44. The number of amides is 3. The van der Waals surface area contributed by atoms with Crippen LogP contribution in [-0.4, -0.2) is 42.5 Å². The zero-order valence-corrected chi connectivity index (χ0v) is 13.1. The number of hydrogen-bond acceptors (Lipinski definition) is 2. The number of rotatable bonds is 7. The number of nitrogens with one attached hydrogen (secondary N) is 2. The minimum Gasteiger partial charge on any atom is -0.341 e. The van der Waals surface area contributed by atoms with Gasteiger partial charge in [0.25, 0.3) is 0 Å². The maximum atomic E-state index is 11.6. The molecule has 0 saturated carbocycles. The molecule has 3 amide bonds. The monoisotopic (exact) mass is 291 g/mol. The Hall–Kier alpha value is -2.04. The standard InChI is InChI=1S/C16H25N3O2/c1-13(2)18-16(21)17-10-12-19(14(3)20)11-9-15-7-5-4-6-8-15/h4-8,13H,9-12H2,1-3H3,(H2,17,18,21). The quantitative estimate of drug-likeness (QED) is 0.804. The van der Waals surface area contributed by atoms with Crippen LogP contribution < -0.4 is 10.6 Å². The summed E-state index contributed by atoms with van der Waals surface area (Å²) in [7, 11) is 0. The van der Waals surface area contributed by atoms with Gasteiger partial charge in [-0.1, -0.05) is 30.3 Å². The van der Waals surface area contributed by atoms with Crippen LogP contribution in [0.4, 0.5) is 4.79 Å². The number of urea groups is 1. The van der Waals surface area contributed by atoms with Crippen LogP contribution in [0.2, 0.25) is 0 Å². The first kappa shape index (κ1) is 17.0. The average molecular weight is 291 g/mol. The Morgan fingerprint density at radius 2 is 1.81 bits per heavy atom. The molecule has 0 aliphatic rings. The van der Waals surface area contributed by atoms with E-state index < -0.39 is 0 Å². The fourth-order valence-electron chi connectivity index (χ4n) is 1.95. The van der Waals surface area contributed by atoms with Crippen LogP contribution in [0.5, 0.6) is 0 Å². The predicted molar refractivity (Wildman–Crippen MR) is 84.1 cm³/mol. The number of benzene rings is 1. The molecule has 2 N–H and O–H groups in total. The van der Waals surface area contributed by atoms with Gasteiger partial charge < -0.3 is 15.5 Å². The summed E-state index contributed by atoms with van der Waals surface area (Å²) in [5.74, 6) is 0.0250. The lowest BCUT2D eigenvalue weighted by atomic mass is 10.1. The highest BCUT2D eigenvalue weighted by Crippen LogP contribution is 2.01. The molecular formula is C16H25N3O2. The molecule has 21 heavy (non-hydrogen) atoms. The smallest absolute Gasteiger partial charge is 0.315 e. The minimum atomic E-state index is -0.198. The first-order chi connectivity index (χ1) is 9.99. The van der Waals surface area contributed by atoms with Crippen LogP contribution in [-0.2, 0) is 11.2 Å². The fourth-order valence-corrected chi connectivity index (χ4v) is 1.95. The van der Waals surface area contributed by atoms with Crippen LogP contribution in [0.25, 0.3) is 0 Å². The van der Waals surface area contributed by atoms with E-state index in [2.05, 4.69) is 10.6 Å². The van der Waals surface area contributed by atoms with Crippen molar-refractivity contribution >= 4 is 11.9 Å². The first-order valence-corrected chi connectivity index (χ1v) is 7.33. The second-order valence-corrected chi connectivity index (χ2v) is 5.30. The van der Waals surface area contributed by atoms with Crippen molar-refractivity contribution in [1.82, 2.24) is 15.5 Å². The van der Waals surface area contributed by atoms with Gasteiger partial charge in [0.05, 0.1) is 0 Å². The van der Waals surface area contributed by atoms with Crippen molar-refractivity contribution in [1.29, 1.82) is 0 Å². The largest absolute Gasteiger partial charge is 0.341 e. The molecule has 0 spiro atoms. The highest BCUT2D eigenvalue weighted by atomic mass is 16.2. The third-order valence-electron chi connectivity index (χ3n) is 3.05. The molecule has 0 aliphatic carbocycles. The highest BCUT2D eigenvalue weighted by molar-refractivity contribution is 5.75. The van der Waals surface area contributed by atoms with E-state index >= 15 is 0 Å². The van der Waals surface area contributed by atoms with Gasteiger partial charge in [-0.3, -0.25) is 4.79 Å². The van der Waals surface area contributed by atoms with E-state index in [1.807, 2.05) is 44.2 Å². The lowest BCUT2D eigenvalue weighted by molar-refractivity contribution is -0.128. The average Bonchev–Trinajstić information content (AvgIpc) is 2.42. The molecule has 5 heteroatoms. The summed E-state index contributed by atoms with van der Waals surface area (Å²) in [5.41, 5.74) is 1.20. The van der Waals surface area contributed by atoms with E-state index in [0.29, 0.717) is 19.6 Å². The normalized spacial score (nSPS) is 10.3. The Bertz CT molecular complexity index is 446. The van der Waals surface area contributed by atoms with Crippen LogP contribution in [0.3, 0.4) is 0 Å². The molecule has 1 aromatic rings. The first-order valence-electron chi connectivity index (χ1n) is 7.33. The van der Waals surface area contributed by atoms with E-state index in [9.17, 15) is 9.59 Å². The van der Waals surface area contributed by atoms with E-state index in [1.165, 1.54) is 5.56 Å². The van der Waals surface area contributed by atoms with Gasteiger partial charge >= 0.3 is 6.03 Å². The van der Waals surface area contributed by atoms with Gasteiger partial charge in [0.2, 0.25) is 5.91 Å². The molecule has 116 valence electrons. The second-order valence-electron chi connectivity index (χ2n) is 5.30. The van der Waals surface area contributed by atoms with E-state index in [0.717, 1.165) is 6.42 Å². The zero-order valence-electron chi connectivity index (χ0n) is 13.1. The van der Waals surface area contributed by atoms with E-state index in [4.69, 9.17) is 0 Å². The van der Waals surface area contributed by atoms with E-state index in [-0.39, 0.29) is 18.0 Å². The van der Waals surface area contributed by atoms with Gasteiger partial charge in [0, 0.05) is 32.6 Å². The maximum absolute atomic E-state index is 11.6. The molecule has 0 fully saturated rings. The van der Waals surface area contributed by atoms with Gasteiger partial charge in [-0.25, -0.2) is 4.79 Å². The maximum Gasteiger partial charge on any atom is 0.315 e. The third-order valence-corrected chi connectivity index (χ3v) is 3.05. The van der Waals surface area contributed by atoms with Gasteiger partial charge in [-0.15, -0.1) is 0 Å². The lowest BCUT2D eigenvalue weighted by Gasteiger charge is -2.21. The molecule has 0 saturated heterocycles. The van der Waals surface area contributed by atoms with Crippen LogP contribution in [0.15, 0.2) is 30.3 Å². The highest BCUT2D eigenvalue weighted by Gasteiger charge is 2.09. The Labute approximate surface area is 126 Å². The van der Waals surface area contributed by atoms with Gasteiger partial charge in [0.15, 0.2) is 0 Å². The van der Waals surface area contributed by atoms with Crippen molar-refractivity contribution in [3.8, 4) is 0 Å². The van der Waals surface area contributed by atoms with Crippen molar-refractivity contribution in [2.24, 2.45) is 0 Å². The number of carbonyl (C=O) groups excluding carboxylic acids is 2. The van der Waals surface area contributed by atoms with Gasteiger partial charge in [0.1, 0.15) is 0 Å². The fraction of sp³-hybridized carbons (Fsp3) is 0.500. The second kappa shape index (κ2) is 9.00. The summed E-state index contributed by atoms with van der Waals surface area (Å²) in [4.78, 5) is 24.8. The van der Waals surface area contributed by atoms with Crippen molar-refractivity contribution in [3.63, 3.8) is 0 Å². The topological polar surface area (TPSA) is 61.4 Å². The van der Waals surface area contributed by atoms with Crippen molar-refractivity contribution in [2.75, 3.05) is 19.6 Å². The molecule has 0 unspecified atom stereocenters. The summed E-state index contributed by atoms with van der Waals surface area (Å²) >= 11 is 0. The molecule has 0 radical (unpaired) electrons. The third kappa shape index (κ3) is 7.34. The molecular weight excluding hydrogens is 266 g/mol. The Kier molecular flexibility index (Phi) is 7.29. The zero-order chi connectivity index (χ0) is 15.7. The molecule has 0 atom stereocenters. The summed E-state index contributed by atoms with van der Waals surface area (Å²) in [5, 5.41) is 5.50. The Morgan fingerprint density at radius 1 is 1.14 bits per heavy atom. The summed E-state index contributed by atoms with van der Waals surface area (Å²) in [6.45, 7) is 7.00. The molecule has 1 rings (SSSR count). The number of hydrogen-bond donors (Lipinski definition) is 2. The van der Waals surface area contributed by atoms with Crippen LogP contribution >= 0.6 is 0 Å². The number of nitrogens with zero attached hydrogens (tertiary/aromatic N) is 1. The molecule has 1 aromatic carbocycles. The Morgan fingerprint density at radius 3 is 2.38 bits per heavy atom. The van der Waals surface area contributed by atoms with E-state index in [1.54, 1.807) is 11.8 Å². The number of carbonyl (C=O) groups is 2. The summed E-state index contributed by atoms with van der Waals surface area (Å²) < 4.78 is 0. The molecule has 5 nitrogen and oxygen atoms in total. The van der Waals surface area contributed by atoms with Crippen LogP contribution in [0.1, 0.15) is 26.3 Å². The molecule has 0 bridgehead atoms. The summed E-state index contributed by atoms with van der Waals surface area (Å²) in [6.07, 6.45) is 0.818. The van der Waals surface area contributed by atoms with Crippen molar-refractivity contribution < 1.29 is 9.59 Å². The molecule has 0 heterocycles. The van der Waals surface area contributed by atoms with Crippen LogP contribution in [0, 0.1) is 0 Å². The van der Waals surface area contributed by atoms with Crippen molar-refractivity contribution in [2.45, 2.75) is 33.2 Å². The van der Waals surface area contributed by atoms with Gasteiger partial charge in [-0.2, -0.15) is 0 Å². The molecule has 0 aromatic heterocycles. The Balaban J connectivity index is 2.33. The molecule has 0 aliphatic heterocycles. The van der Waals surface area contributed by atoms with Crippen molar-refractivity contribution in [3.05, 3.63) is 35.9 Å².